The number of rotatable bonds is 4. The number of ether oxygens (including phenoxy) is 1. The van der Waals surface area contributed by atoms with Gasteiger partial charge in [0.25, 0.3) is 5.91 Å². The summed E-state index contributed by atoms with van der Waals surface area (Å²) in [6, 6.07) is 15.2. The third kappa shape index (κ3) is 2.88. The first-order valence-corrected chi connectivity index (χ1v) is 7.84. The average Bonchev–Trinajstić information content (AvgIpc) is 3.29. The monoisotopic (exact) mass is 320 g/mol. The standard InChI is InChI=1S/C19H16N2O3/c22-19(15-6-7-16-14(10-15)8-9-23-16)21-12-18-20-11-17(24-18)13-4-2-1-3-5-13/h1-7,10-11H,8-9,12H2,(H,21,22). The van der Waals surface area contributed by atoms with Crippen LogP contribution >= 0.6 is 0 Å². The molecule has 1 aliphatic rings. The predicted octanol–water partition coefficient (Wildman–Crippen LogP) is 3.21. The van der Waals surface area contributed by atoms with E-state index in [0.717, 1.165) is 23.3 Å². The third-order valence-electron chi connectivity index (χ3n) is 3.96. The van der Waals surface area contributed by atoms with E-state index in [1.165, 1.54) is 0 Å². The van der Waals surface area contributed by atoms with E-state index in [0.29, 0.717) is 23.8 Å². The number of aromatic nitrogens is 1. The summed E-state index contributed by atoms with van der Waals surface area (Å²) in [6.07, 6.45) is 2.51. The fraction of sp³-hybridized carbons (Fsp3) is 0.158. The van der Waals surface area contributed by atoms with Crippen molar-refractivity contribution in [3.8, 4) is 17.1 Å². The van der Waals surface area contributed by atoms with Gasteiger partial charge >= 0.3 is 0 Å². The average molecular weight is 320 g/mol. The molecule has 0 atom stereocenters. The molecule has 0 radical (unpaired) electrons. The highest BCUT2D eigenvalue weighted by atomic mass is 16.5. The van der Waals surface area contributed by atoms with Crippen LogP contribution in [0, 0.1) is 0 Å². The Bertz CT molecular complexity index is 871. The first kappa shape index (κ1) is 14.5. The summed E-state index contributed by atoms with van der Waals surface area (Å²) in [6.45, 7) is 0.929. The molecule has 120 valence electrons. The molecule has 1 N–H and O–H groups in total. The number of fused-ring (bicyclic) bond motifs is 1. The maximum atomic E-state index is 12.3. The Balaban J connectivity index is 1.42. The van der Waals surface area contributed by atoms with Crippen LogP contribution in [0.2, 0.25) is 0 Å². The lowest BCUT2D eigenvalue weighted by atomic mass is 10.1. The Kier molecular flexibility index (Phi) is 3.75. The van der Waals surface area contributed by atoms with Crippen LogP contribution in [0.25, 0.3) is 11.3 Å². The molecule has 2 aromatic carbocycles. The molecule has 0 saturated carbocycles. The fourth-order valence-corrected chi connectivity index (χ4v) is 2.71. The summed E-state index contributed by atoms with van der Waals surface area (Å²) >= 11 is 0. The summed E-state index contributed by atoms with van der Waals surface area (Å²) in [4.78, 5) is 16.5. The summed E-state index contributed by atoms with van der Waals surface area (Å²) < 4.78 is 11.1. The Labute approximate surface area is 139 Å². The molecule has 2 heterocycles. The SMILES string of the molecule is O=C(NCc1ncc(-c2ccccc2)o1)c1ccc2c(c1)CCO2. The highest BCUT2D eigenvalue weighted by molar-refractivity contribution is 5.94. The van der Waals surface area contributed by atoms with E-state index in [2.05, 4.69) is 10.3 Å². The lowest BCUT2D eigenvalue weighted by Gasteiger charge is -2.05. The molecule has 5 nitrogen and oxygen atoms in total. The van der Waals surface area contributed by atoms with Crippen molar-refractivity contribution in [1.82, 2.24) is 10.3 Å². The second kappa shape index (κ2) is 6.20. The highest BCUT2D eigenvalue weighted by Crippen LogP contribution is 2.26. The predicted molar refractivity (Wildman–Crippen MR) is 88.8 cm³/mol. The third-order valence-corrected chi connectivity index (χ3v) is 3.96. The van der Waals surface area contributed by atoms with Crippen LogP contribution in [0.15, 0.2) is 59.1 Å². The van der Waals surface area contributed by atoms with E-state index in [4.69, 9.17) is 9.15 Å². The van der Waals surface area contributed by atoms with Crippen molar-refractivity contribution in [2.75, 3.05) is 6.61 Å². The minimum atomic E-state index is -0.149. The van der Waals surface area contributed by atoms with E-state index in [-0.39, 0.29) is 12.5 Å². The van der Waals surface area contributed by atoms with Gasteiger partial charge in [0, 0.05) is 17.5 Å². The lowest BCUT2D eigenvalue weighted by molar-refractivity contribution is 0.0947. The zero-order chi connectivity index (χ0) is 16.4. The van der Waals surface area contributed by atoms with Crippen LogP contribution in [0.1, 0.15) is 21.8 Å². The molecule has 24 heavy (non-hydrogen) atoms. The topological polar surface area (TPSA) is 64.4 Å². The molecule has 0 aliphatic carbocycles. The lowest BCUT2D eigenvalue weighted by Crippen LogP contribution is -2.22. The second-order valence-electron chi connectivity index (χ2n) is 5.59. The van der Waals surface area contributed by atoms with Gasteiger partial charge in [0.2, 0.25) is 5.89 Å². The van der Waals surface area contributed by atoms with Crippen LogP contribution in [-0.2, 0) is 13.0 Å². The molecule has 1 aromatic heterocycles. The van der Waals surface area contributed by atoms with Crippen LogP contribution < -0.4 is 10.1 Å². The molecule has 0 bridgehead atoms. The molecular formula is C19H16N2O3. The van der Waals surface area contributed by atoms with Crippen molar-refractivity contribution >= 4 is 5.91 Å². The van der Waals surface area contributed by atoms with Gasteiger partial charge in [0.05, 0.1) is 19.3 Å². The maximum Gasteiger partial charge on any atom is 0.251 e. The number of carbonyl (C=O) groups excluding carboxylic acids is 1. The number of amides is 1. The van der Waals surface area contributed by atoms with Gasteiger partial charge in [-0.2, -0.15) is 0 Å². The van der Waals surface area contributed by atoms with Crippen molar-refractivity contribution < 1.29 is 13.9 Å². The molecule has 0 unspecified atom stereocenters. The first-order valence-electron chi connectivity index (χ1n) is 7.84. The van der Waals surface area contributed by atoms with Crippen molar-refractivity contribution in [2.45, 2.75) is 13.0 Å². The van der Waals surface area contributed by atoms with Gasteiger partial charge in [-0.25, -0.2) is 4.98 Å². The Morgan fingerprint density at radius 1 is 1.17 bits per heavy atom. The van der Waals surface area contributed by atoms with Gasteiger partial charge in [-0.15, -0.1) is 0 Å². The maximum absolute atomic E-state index is 12.3. The van der Waals surface area contributed by atoms with Crippen LogP contribution in [0.5, 0.6) is 5.75 Å². The normalized spacial score (nSPS) is 12.5. The molecule has 1 amide bonds. The van der Waals surface area contributed by atoms with E-state index in [1.807, 2.05) is 42.5 Å². The van der Waals surface area contributed by atoms with Crippen molar-refractivity contribution in [2.24, 2.45) is 0 Å². The second-order valence-corrected chi connectivity index (χ2v) is 5.59. The van der Waals surface area contributed by atoms with Crippen molar-refractivity contribution in [3.05, 3.63) is 71.7 Å². The van der Waals surface area contributed by atoms with E-state index < -0.39 is 0 Å². The van der Waals surface area contributed by atoms with Gasteiger partial charge < -0.3 is 14.5 Å². The van der Waals surface area contributed by atoms with Crippen LogP contribution in [0.4, 0.5) is 0 Å². The van der Waals surface area contributed by atoms with Gasteiger partial charge in [-0.3, -0.25) is 4.79 Å². The molecule has 3 aromatic rings. The molecule has 4 rings (SSSR count). The van der Waals surface area contributed by atoms with Crippen LogP contribution in [0.3, 0.4) is 0 Å². The zero-order valence-electron chi connectivity index (χ0n) is 13.0. The van der Waals surface area contributed by atoms with Gasteiger partial charge in [0.1, 0.15) is 5.75 Å². The van der Waals surface area contributed by atoms with Gasteiger partial charge in [0.15, 0.2) is 5.76 Å². The number of benzene rings is 2. The summed E-state index contributed by atoms with van der Waals surface area (Å²) in [7, 11) is 0. The summed E-state index contributed by atoms with van der Waals surface area (Å²) in [5, 5.41) is 2.84. The number of hydrogen-bond donors (Lipinski definition) is 1. The summed E-state index contributed by atoms with van der Waals surface area (Å²) in [5.41, 5.74) is 2.65. The van der Waals surface area contributed by atoms with Gasteiger partial charge in [-0.05, 0) is 23.8 Å². The van der Waals surface area contributed by atoms with E-state index in [1.54, 1.807) is 12.3 Å². The molecule has 0 fully saturated rings. The Hall–Kier alpha value is -3.08. The largest absolute Gasteiger partial charge is 0.493 e. The molecule has 0 saturated heterocycles. The van der Waals surface area contributed by atoms with Crippen molar-refractivity contribution in [1.29, 1.82) is 0 Å². The first-order chi connectivity index (χ1) is 11.8. The number of oxazole rings is 1. The quantitative estimate of drug-likeness (QED) is 0.802. The highest BCUT2D eigenvalue weighted by Gasteiger charge is 2.15. The minimum absolute atomic E-state index is 0.149. The molecular weight excluding hydrogens is 304 g/mol. The molecule has 1 aliphatic heterocycles. The van der Waals surface area contributed by atoms with E-state index >= 15 is 0 Å². The minimum Gasteiger partial charge on any atom is -0.493 e. The molecule has 5 heteroatoms. The number of nitrogens with one attached hydrogen (secondary N) is 1. The molecule has 0 spiro atoms. The summed E-state index contributed by atoms with van der Waals surface area (Å²) in [5.74, 6) is 1.89. The van der Waals surface area contributed by atoms with Crippen LogP contribution in [-0.4, -0.2) is 17.5 Å². The van der Waals surface area contributed by atoms with Crippen molar-refractivity contribution in [3.63, 3.8) is 0 Å². The Morgan fingerprint density at radius 3 is 2.92 bits per heavy atom. The van der Waals surface area contributed by atoms with E-state index in [9.17, 15) is 4.79 Å². The number of hydrogen-bond acceptors (Lipinski definition) is 4. The smallest absolute Gasteiger partial charge is 0.251 e. The fourth-order valence-electron chi connectivity index (χ4n) is 2.71. The number of carbonyl (C=O) groups is 1. The Morgan fingerprint density at radius 2 is 2.04 bits per heavy atom. The van der Waals surface area contributed by atoms with Gasteiger partial charge in [-0.1, -0.05) is 30.3 Å². The number of nitrogens with zero attached hydrogens (tertiary/aromatic N) is 1. The zero-order valence-corrected chi connectivity index (χ0v) is 13.0.